The molecule has 0 amide bonds. The highest BCUT2D eigenvalue weighted by Gasteiger charge is 2.18. The van der Waals surface area contributed by atoms with Crippen LogP contribution in [-0.4, -0.2) is 18.5 Å². The summed E-state index contributed by atoms with van der Waals surface area (Å²) in [5.41, 5.74) is 1.76. The van der Waals surface area contributed by atoms with Crippen LogP contribution in [0.5, 0.6) is 0 Å². The van der Waals surface area contributed by atoms with Crippen LogP contribution >= 0.6 is 0 Å². The van der Waals surface area contributed by atoms with Gasteiger partial charge in [-0.05, 0) is 36.2 Å². The lowest BCUT2D eigenvalue weighted by molar-refractivity contribution is -0.383. The molecule has 5 nitrogen and oxygen atoms in total. The number of hydrogen-bond donors (Lipinski definition) is 2. The maximum absolute atomic E-state index is 13.1. The van der Waals surface area contributed by atoms with Crippen LogP contribution in [0.2, 0.25) is 0 Å². The molecule has 0 heterocycles. The molecule has 0 aliphatic rings. The fourth-order valence-electron chi connectivity index (χ4n) is 2.12. The Kier molecular flexibility index (Phi) is 4.71. The number of halogens is 1. The van der Waals surface area contributed by atoms with Gasteiger partial charge in [0.1, 0.15) is 17.2 Å². The van der Waals surface area contributed by atoms with E-state index in [0.717, 1.165) is 5.56 Å². The van der Waals surface area contributed by atoms with Crippen molar-refractivity contribution in [2.24, 2.45) is 0 Å². The molecule has 0 fully saturated rings. The van der Waals surface area contributed by atoms with Crippen LogP contribution in [0, 0.1) is 15.9 Å². The molecule has 0 atom stereocenters. The van der Waals surface area contributed by atoms with Gasteiger partial charge in [0.25, 0.3) is 0 Å². The minimum Gasteiger partial charge on any atom is -0.382 e. The molecule has 0 radical (unpaired) electrons. The predicted molar refractivity (Wildman–Crippen MR) is 81.2 cm³/mol. The van der Waals surface area contributed by atoms with E-state index < -0.39 is 4.92 Å². The highest BCUT2D eigenvalue weighted by Crippen LogP contribution is 2.32. The molecule has 0 saturated carbocycles. The van der Waals surface area contributed by atoms with Crippen molar-refractivity contribution in [1.29, 1.82) is 0 Å². The fraction of sp³-hybridized carbons (Fsp3) is 0.200. The van der Waals surface area contributed by atoms with Crippen molar-refractivity contribution in [3.05, 3.63) is 64.0 Å². The Morgan fingerprint density at radius 2 is 1.90 bits per heavy atom. The van der Waals surface area contributed by atoms with E-state index in [4.69, 9.17) is 0 Å². The highest BCUT2D eigenvalue weighted by molar-refractivity contribution is 5.76. The lowest BCUT2D eigenvalue weighted by Crippen LogP contribution is -2.08. The zero-order chi connectivity index (χ0) is 15.2. The van der Waals surface area contributed by atoms with Gasteiger partial charge in [0.15, 0.2) is 0 Å². The average molecular weight is 289 g/mol. The van der Waals surface area contributed by atoms with E-state index >= 15 is 0 Å². The second-order valence-electron chi connectivity index (χ2n) is 4.52. The van der Waals surface area contributed by atoms with E-state index in [1.165, 1.54) is 12.1 Å². The summed E-state index contributed by atoms with van der Waals surface area (Å²) in [7, 11) is 1.64. The number of benzene rings is 2. The summed E-state index contributed by atoms with van der Waals surface area (Å²) in [6, 6.07) is 11.4. The third-order valence-electron chi connectivity index (χ3n) is 3.11. The molecule has 6 heteroatoms. The van der Waals surface area contributed by atoms with Gasteiger partial charge >= 0.3 is 5.69 Å². The average Bonchev–Trinajstić information content (AvgIpc) is 2.46. The maximum Gasteiger partial charge on any atom is 0.315 e. The molecule has 0 saturated heterocycles. The Bertz CT molecular complexity index is 647. The van der Waals surface area contributed by atoms with Crippen molar-refractivity contribution < 1.29 is 9.31 Å². The second kappa shape index (κ2) is 6.69. The molecule has 2 N–H and O–H groups in total. The summed E-state index contributed by atoms with van der Waals surface area (Å²) < 4.78 is 13.1. The van der Waals surface area contributed by atoms with Gasteiger partial charge in [-0.3, -0.25) is 10.1 Å². The molecule has 0 spiro atoms. The minimum atomic E-state index is -0.420. The van der Waals surface area contributed by atoms with E-state index in [1.807, 2.05) is 6.07 Å². The van der Waals surface area contributed by atoms with E-state index in [1.54, 1.807) is 31.3 Å². The Morgan fingerprint density at radius 3 is 2.57 bits per heavy atom. The number of nitro groups is 1. The SMILES string of the molecule is CNc1cccc(NCCc2cccc(F)c2)c1[N+](=O)[O-]. The molecular formula is C15H16FN3O2. The zero-order valence-electron chi connectivity index (χ0n) is 11.6. The molecule has 21 heavy (non-hydrogen) atoms. The van der Waals surface area contributed by atoms with E-state index in [0.29, 0.717) is 24.3 Å². The van der Waals surface area contributed by atoms with Crippen molar-refractivity contribution in [3.8, 4) is 0 Å². The van der Waals surface area contributed by atoms with Gasteiger partial charge in [-0.25, -0.2) is 4.39 Å². The molecule has 110 valence electrons. The van der Waals surface area contributed by atoms with Crippen LogP contribution < -0.4 is 10.6 Å². The third-order valence-corrected chi connectivity index (χ3v) is 3.11. The first-order valence-corrected chi connectivity index (χ1v) is 6.55. The largest absolute Gasteiger partial charge is 0.382 e. The summed E-state index contributed by atoms with van der Waals surface area (Å²) >= 11 is 0. The Hall–Kier alpha value is -2.63. The molecule has 0 unspecified atom stereocenters. The van der Waals surface area contributed by atoms with Gasteiger partial charge in [-0.2, -0.15) is 0 Å². The number of nitro benzene ring substituents is 1. The van der Waals surface area contributed by atoms with E-state index in [9.17, 15) is 14.5 Å². The molecule has 0 aromatic heterocycles. The van der Waals surface area contributed by atoms with Crippen LogP contribution in [0.3, 0.4) is 0 Å². The standard InChI is InChI=1S/C15H16FN3O2/c1-17-13-6-3-7-14(15(13)19(20)21)18-9-8-11-4-2-5-12(16)10-11/h2-7,10,17-18H,8-9H2,1H3. The first-order chi connectivity index (χ1) is 10.1. The number of anilines is 2. The highest BCUT2D eigenvalue weighted by atomic mass is 19.1. The Morgan fingerprint density at radius 1 is 1.19 bits per heavy atom. The molecule has 0 bridgehead atoms. The maximum atomic E-state index is 13.1. The van der Waals surface area contributed by atoms with Gasteiger partial charge in [-0.15, -0.1) is 0 Å². The van der Waals surface area contributed by atoms with Crippen molar-refractivity contribution in [2.45, 2.75) is 6.42 Å². The van der Waals surface area contributed by atoms with Crippen molar-refractivity contribution in [1.82, 2.24) is 0 Å². The molecule has 0 aliphatic heterocycles. The number of rotatable bonds is 6. The Labute approximate surface area is 122 Å². The molecule has 2 aromatic rings. The number of para-hydroxylation sites is 1. The van der Waals surface area contributed by atoms with E-state index in [2.05, 4.69) is 10.6 Å². The topological polar surface area (TPSA) is 67.2 Å². The Balaban J connectivity index is 2.08. The normalized spacial score (nSPS) is 10.2. The number of hydrogen-bond acceptors (Lipinski definition) is 4. The van der Waals surface area contributed by atoms with Gasteiger partial charge in [0, 0.05) is 13.6 Å². The third kappa shape index (κ3) is 3.68. The lowest BCUT2D eigenvalue weighted by Gasteiger charge is -2.10. The lowest BCUT2D eigenvalue weighted by atomic mass is 10.1. The fourth-order valence-corrected chi connectivity index (χ4v) is 2.12. The van der Waals surface area contributed by atoms with Crippen LogP contribution in [0.25, 0.3) is 0 Å². The second-order valence-corrected chi connectivity index (χ2v) is 4.52. The molecular weight excluding hydrogens is 273 g/mol. The monoisotopic (exact) mass is 289 g/mol. The van der Waals surface area contributed by atoms with Gasteiger partial charge in [0.2, 0.25) is 0 Å². The predicted octanol–water partition coefficient (Wildman–Crippen LogP) is 3.43. The number of nitrogens with zero attached hydrogens (tertiary/aromatic N) is 1. The van der Waals surface area contributed by atoms with Crippen LogP contribution in [0.4, 0.5) is 21.5 Å². The zero-order valence-corrected chi connectivity index (χ0v) is 11.6. The van der Waals surface area contributed by atoms with Crippen LogP contribution in [-0.2, 0) is 6.42 Å². The first-order valence-electron chi connectivity index (χ1n) is 6.55. The summed E-state index contributed by atoms with van der Waals surface area (Å²) in [4.78, 5) is 10.7. The van der Waals surface area contributed by atoms with Gasteiger partial charge in [-0.1, -0.05) is 18.2 Å². The summed E-state index contributed by atoms with van der Waals surface area (Å²) in [6.45, 7) is 0.484. The molecule has 0 aliphatic carbocycles. The summed E-state index contributed by atoms with van der Waals surface area (Å²) in [5, 5.41) is 17.0. The van der Waals surface area contributed by atoms with E-state index in [-0.39, 0.29) is 11.5 Å². The minimum absolute atomic E-state index is 0.0132. The quantitative estimate of drug-likeness (QED) is 0.631. The van der Waals surface area contributed by atoms with Crippen molar-refractivity contribution >= 4 is 17.1 Å². The smallest absolute Gasteiger partial charge is 0.315 e. The molecule has 2 aromatic carbocycles. The van der Waals surface area contributed by atoms with Crippen molar-refractivity contribution in [2.75, 3.05) is 24.2 Å². The molecule has 2 rings (SSSR count). The number of nitrogens with one attached hydrogen (secondary N) is 2. The van der Waals surface area contributed by atoms with Gasteiger partial charge in [0.05, 0.1) is 4.92 Å². The summed E-state index contributed by atoms with van der Waals surface area (Å²) in [5.74, 6) is -0.282. The van der Waals surface area contributed by atoms with Crippen molar-refractivity contribution in [3.63, 3.8) is 0 Å². The van der Waals surface area contributed by atoms with Gasteiger partial charge < -0.3 is 10.6 Å². The van der Waals surface area contributed by atoms with Crippen LogP contribution in [0.15, 0.2) is 42.5 Å². The first kappa shape index (κ1) is 14.8. The van der Waals surface area contributed by atoms with Crippen LogP contribution in [0.1, 0.15) is 5.56 Å². The summed E-state index contributed by atoms with van der Waals surface area (Å²) in [6.07, 6.45) is 0.582.